The van der Waals surface area contributed by atoms with Gasteiger partial charge in [-0.3, -0.25) is 4.98 Å². The fourth-order valence-electron chi connectivity index (χ4n) is 3.79. The minimum absolute atomic E-state index is 0.386. The van der Waals surface area contributed by atoms with Crippen LogP contribution in [0.1, 0.15) is 5.56 Å². The van der Waals surface area contributed by atoms with Gasteiger partial charge in [0, 0.05) is 11.6 Å². The molecule has 35 heavy (non-hydrogen) atoms. The van der Waals surface area contributed by atoms with Crippen LogP contribution in [0, 0.1) is 0 Å². The molecular formula is C29H25N3O3. The van der Waals surface area contributed by atoms with Crippen LogP contribution in [0.2, 0.25) is 0 Å². The highest BCUT2D eigenvalue weighted by atomic mass is 16.5. The van der Waals surface area contributed by atoms with Crippen molar-refractivity contribution in [2.45, 2.75) is 6.61 Å². The average Bonchev–Trinajstić information content (AvgIpc) is 3.39. The third-order valence-corrected chi connectivity index (χ3v) is 5.65. The highest BCUT2D eigenvalue weighted by Gasteiger charge is 2.17. The third-order valence-electron chi connectivity index (χ3n) is 5.65. The van der Waals surface area contributed by atoms with Crippen molar-refractivity contribution in [1.82, 2.24) is 14.8 Å². The molecule has 6 nitrogen and oxygen atoms in total. The van der Waals surface area contributed by atoms with Gasteiger partial charge in [0.2, 0.25) is 0 Å². The zero-order chi connectivity index (χ0) is 24.0. The van der Waals surface area contributed by atoms with E-state index < -0.39 is 0 Å². The Kier molecular flexibility index (Phi) is 6.44. The highest BCUT2D eigenvalue weighted by molar-refractivity contribution is 5.69. The largest absolute Gasteiger partial charge is 0.497 e. The first kappa shape index (κ1) is 22.2. The minimum atomic E-state index is 0.386. The van der Waals surface area contributed by atoms with E-state index in [0.717, 1.165) is 39.6 Å². The van der Waals surface area contributed by atoms with Gasteiger partial charge in [0.15, 0.2) is 11.5 Å². The number of ether oxygens (including phenoxy) is 3. The number of pyridine rings is 1. The maximum Gasteiger partial charge on any atom is 0.179 e. The molecule has 0 atom stereocenters. The van der Waals surface area contributed by atoms with E-state index in [0.29, 0.717) is 18.1 Å². The SMILES string of the molecule is COc1ccc(COc2cc(-c3cc(-c4ccccc4)nn3-c3ccccc3)ncc2OC)cc1. The maximum atomic E-state index is 6.15. The lowest BCUT2D eigenvalue weighted by molar-refractivity contribution is 0.283. The summed E-state index contributed by atoms with van der Waals surface area (Å²) < 4.78 is 18.8. The first-order chi connectivity index (χ1) is 17.2. The first-order valence-electron chi connectivity index (χ1n) is 11.3. The molecule has 0 aliphatic carbocycles. The van der Waals surface area contributed by atoms with Gasteiger partial charge in [-0.1, -0.05) is 60.7 Å². The summed E-state index contributed by atoms with van der Waals surface area (Å²) >= 11 is 0. The number of para-hydroxylation sites is 1. The van der Waals surface area contributed by atoms with Gasteiger partial charge in [-0.2, -0.15) is 5.10 Å². The molecule has 0 aliphatic heterocycles. The lowest BCUT2D eigenvalue weighted by Gasteiger charge is -2.13. The van der Waals surface area contributed by atoms with Crippen LogP contribution in [0.15, 0.2) is 103 Å². The quantitative estimate of drug-likeness (QED) is 0.274. The van der Waals surface area contributed by atoms with Gasteiger partial charge >= 0.3 is 0 Å². The molecule has 0 amide bonds. The highest BCUT2D eigenvalue weighted by Crippen LogP contribution is 2.34. The van der Waals surface area contributed by atoms with Crippen molar-refractivity contribution in [2.75, 3.05) is 14.2 Å². The number of benzene rings is 3. The Morgan fingerprint density at radius 3 is 2.11 bits per heavy atom. The fourth-order valence-corrected chi connectivity index (χ4v) is 3.79. The van der Waals surface area contributed by atoms with Crippen LogP contribution in [0.25, 0.3) is 28.3 Å². The summed E-state index contributed by atoms with van der Waals surface area (Å²) in [6, 6.07) is 31.9. The summed E-state index contributed by atoms with van der Waals surface area (Å²) in [5.74, 6) is 1.98. The summed E-state index contributed by atoms with van der Waals surface area (Å²) in [6.07, 6.45) is 1.68. The van der Waals surface area contributed by atoms with Crippen molar-refractivity contribution in [3.05, 3.63) is 109 Å². The molecule has 2 heterocycles. The van der Waals surface area contributed by atoms with Crippen LogP contribution < -0.4 is 14.2 Å². The van der Waals surface area contributed by atoms with Crippen molar-refractivity contribution in [2.24, 2.45) is 0 Å². The number of rotatable bonds is 8. The summed E-state index contributed by atoms with van der Waals surface area (Å²) in [5.41, 5.74) is 5.45. The molecule has 0 unspecified atom stereocenters. The normalized spacial score (nSPS) is 10.7. The number of aromatic nitrogens is 3. The Labute approximate surface area is 204 Å². The Morgan fingerprint density at radius 2 is 1.43 bits per heavy atom. The topological polar surface area (TPSA) is 58.4 Å². The van der Waals surface area contributed by atoms with Crippen molar-refractivity contribution in [3.8, 4) is 45.6 Å². The van der Waals surface area contributed by atoms with E-state index in [1.807, 2.05) is 102 Å². The first-order valence-corrected chi connectivity index (χ1v) is 11.3. The Bertz CT molecular complexity index is 1400. The molecule has 0 spiro atoms. The van der Waals surface area contributed by atoms with Crippen molar-refractivity contribution >= 4 is 0 Å². The number of methoxy groups -OCH3 is 2. The molecule has 5 rings (SSSR count). The van der Waals surface area contributed by atoms with Crippen molar-refractivity contribution in [3.63, 3.8) is 0 Å². The fraction of sp³-hybridized carbons (Fsp3) is 0.103. The van der Waals surface area contributed by atoms with E-state index in [1.54, 1.807) is 20.4 Å². The van der Waals surface area contributed by atoms with Gasteiger partial charge in [0.05, 0.1) is 43.2 Å². The maximum absolute atomic E-state index is 6.15. The molecule has 5 aromatic rings. The van der Waals surface area contributed by atoms with E-state index >= 15 is 0 Å². The molecule has 0 fully saturated rings. The lowest BCUT2D eigenvalue weighted by Crippen LogP contribution is -2.02. The van der Waals surface area contributed by atoms with Crippen molar-refractivity contribution in [1.29, 1.82) is 0 Å². The molecule has 6 heteroatoms. The van der Waals surface area contributed by atoms with Crippen LogP contribution in [-0.2, 0) is 6.61 Å². The van der Waals surface area contributed by atoms with E-state index in [4.69, 9.17) is 19.3 Å². The van der Waals surface area contributed by atoms with Gasteiger partial charge in [-0.25, -0.2) is 4.68 Å². The second kappa shape index (κ2) is 10.1. The Balaban J connectivity index is 1.52. The third kappa shape index (κ3) is 4.87. The summed E-state index contributed by atoms with van der Waals surface area (Å²) in [6.45, 7) is 0.386. The van der Waals surface area contributed by atoms with Crippen LogP contribution in [0.4, 0.5) is 0 Å². The van der Waals surface area contributed by atoms with Crippen LogP contribution >= 0.6 is 0 Å². The van der Waals surface area contributed by atoms with Gasteiger partial charge in [-0.15, -0.1) is 0 Å². The molecule has 2 aromatic heterocycles. The van der Waals surface area contributed by atoms with Gasteiger partial charge in [0.1, 0.15) is 12.4 Å². The molecule has 0 bridgehead atoms. The zero-order valence-electron chi connectivity index (χ0n) is 19.6. The predicted octanol–water partition coefficient (Wildman–Crippen LogP) is 6.20. The Morgan fingerprint density at radius 1 is 0.714 bits per heavy atom. The van der Waals surface area contributed by atoms with E-state index in [2.05, 4.69) is 4.98 Å². The summed E-state index contributed by atoms with van der Waals surface area (Å²) in [7, 11) is 3.26. The van der Waals surface area contributed by atoms with Gasteiger partial charge in [-0.05, 0) is 35.9 Å². The number of nitrogens with zero attached hydrogens (tertiary/aromatic N) is 3. The zero-order valence-corrected chi connectivity index (χ0v) is 19.6. The molecule has 174 valence electrons. The molecule has 0 saturated carbocycles. The second-order valence-electron chi connectivity index (χ2n) is 7.89. The van der Waals surface area contributed by atoms with E-state index in [9.17, 15) is 0 Å². The Hall–Kier alpha value is -4.58. The van der Waals surface area contributed by atoms with Gasteiger partial charge < -0.3 is 14.2 Å². The standard InChI is InChI=1S/C29H25N3O3/c1-33-24-15-13-21(14-16-24)20-35-28-18-26(30-19-29(28)34-2)27-17-25(22-9-5-3-6-10-22)31-32(27)23-11-7-4-8-12-23/h3-19H,20H2,1-2H3. The molecule has 0 radical (unpaired) electrons. The molecule has 0 aliphatic rings. The molecule has 0 N–H and O–H groups in total. The van der Waals surface area contributed by atoms with Crippen LogP contribution in [0.5, 0.6) is 17.2 Å². The minimum Gasteiger partial charge on any atom is -0.497 e. The summed E-state index contributed by atoms with van der Waals surface area (Å²) in [5, 5.41) is 4.90. The number of hydrogen-bond donors (Lipinski definition) is 0. The van der Waals surface area contributed by atoms with Crippen molar-refractivity contribution < 1.29 is 14.2 Å². The molecule has 3 aromatic carbocycles. The van der Waals surface area contributed by atoms with E-state index in [-0.39, 0.29) is 0 Å². The summed E-state index contributed by atoms with van der Waals surface area (Å²) in [4.78, 5) is 4.67. The lowest BCUT2D eigenvalue weighted by atomic mass is 10.1. The molecule has 0 saturated heterocycles. The average molecular weight is 464 g/mol. The van der Waals surface area contributed by atoms with Crippen LogP contribution in [-0.4, -0.2) is 29.0 Å². The van der Waals surface area contributed by atoms with Crippen LogP contribution in [0.3, 0.4) is 0 Å². The predicted molar refractivity (Wildman–Crippen MR) is 136 cm³/mol. The molecular weight excluding hydrogens is 438 g/mol. The smallest absolute Gasteiger partial charge is 0.179 e. The number of hydrogen-bond acceptors (Lipinski definition) is 5. The van der Waals surface area contributed by atoms with Gasteiger partial charge in [0.25, 0.3) is 0 Å². The van der Waals surface area contributed by atoms with E-state index in [1.165, 1.54) is 0 Å². The monoisotopic (exact) mass is 463 g/mol. The second-order valence-corrected chi connectivity index (χ2v) is 7.89.